The summed E-state index contributed by atoms with van der Waals surface area (Å²) >= 11 is 0. The van der Waals surface area contributed by atoms with E-state index in [1.807, 2.05) is 13.0 Å². The van der Waals surface area contributed by atoms with E-state index in [-0.39, 0.29) is 0 Å². The second kappa shape index (κ2) is 7.31. The van der Waals surface area contributed by atoms with E-state index in [0.717, 1.165) is 45.1 Å². The number of ether oxygens (including phenoxy) is 1. The molecule has 1 saturated heterocycles. The largest absolute Gasteiger partial charge is 0.379 e. The van der Waals surface area contributed by atoms with Crippen molar-refractivity contribution < 1.29 is 4.74 Å². The monoisotopic (exact) mass is 209 g/mol. The van der Waals surface area contributed by atoms with Crippen LogP contribution in [0.25, 0.3) is 0 Å². The van der Waals surface area contributed by atoms with Crippen LogP contribution in [0.4, 0.5) is 0 Å². The Bertz CT molecular complexity index is 242. The molecule has 4 nitrogen and oxygen atoms in total. The third-order valence-corrected chi connectivity index (χ3v) is 2.32. The normalized spacial score (nSPS) is 19.7. The highest BCUT2D eigenvalue weighted by Crippen LogP contribution is 1.95. The van der Waals surface area contributed by atoms with E-state index in [0.29, 0.717) is 0 Å². The molecule has 0 N–H and O–H groups in total. The predicted octanol–water partition coefficient (Wildman–Crippen LogP) is 0.994. The maximum absolute atomic E-state index is 5.26. The molecule has 15 heavy (non-hydrogen) atoms. The van der Waals surface area contributed by atoms with Gasteiger partial charge >= 0.3 is 0 Å². The van der Waals surface area contributed by atoms with Gasteiger partial charge in [-0.2, -0.15) is 0 Å². The second-order valence-electron chi connectivity index (χ2n) is 3.48. The lowest BCUT2D eigenvalue weighted by molar-refractivity contribution is 0.0395. The smallest absolute Gasteiger partial charge is 0.0594 e. The lowest BCUT2D eigenvalue weighted by Crippen LogP contribution is -2.37. The molecule has 1 fully saturated rings. The number of aliphatic imine (C=N–C) groups is 2. The highest BCUT2D eigenvalue weighted by atomic mass is 16.5. The molecule has 1 aliphatic heterocycles. The molecule has 0 aromatic carbocycles. The van der Waals surface area contributed by atoms with E-state index < -0.39 is 0 Å². The van der Waals surface area contributed by atoms with E-state index in [2.05, 4.69) is 21.6 Å². The maximum atomic E-state index is 5.26. The number of hydrogen-bond donors (Lipinski definition) is 0. The summed E-state index contributed by atoms with van der Waals surface area (Å²) < 4.78 is 5.26. The topological polar surface area (TPSA) is 37.2 Å². The fraction of sp³-hybridized carbons (Fsp3) is 0.636. The van der Waals surface area contributed by atoms with Crippen molar-refractivity contribution in [3.05, 3.63) is 11.8 Å². The summed E-state index contributed by atoms with van der Waals surface area (Å²) in [7, 11) is 0. The summed E-state index contributed by atoms with van der Waals surface area (Å²) in [6.07, 6.45) is 3.66. The molecule has 0 radical (unpaired) electrons. The molecule has 0 saturated carbocycles. The van der Waals surface area contributed by atoms with Gasteiger partial charge in [-0.05, 0) is 19.7 Å². The fourth-order valence-electron chi connectivity index (χ4n) is 1.31. The van der Waals surface area contributed by atoms with Crippen molar-refractivity contribution in [1.29, 1.82) is 0 Å². The summed E-state index contributed by atoms with van der Waals surface area (Å²) in [5.74, 6) is 0. The third-order valence-electron chi connectivity index (χ3n) is 2.32. The van der Waals surface area contributed by atoms with Crippen molar-refractivity contribution in [3.8, 4) is 0 Å². The molecule has 1 heterocycles. The maximum Gasteiger partial charge on any atom is 0.0594 e. The summed E-state index contributed by atoms with van der Waals surface area (Å²) in [5, 5.41) is 0. The average molecular weight is 209 g/mol. The first-order valence-corrected chi connectivity index (χ1v) is 5.26. The van der Waals surface area contributed by atoms with Crippen molar-refractivity contribution in [2.45, 2.75) is 6.92 Å². The molecule has 0 aromatic rings. The molecule has 1 rings (SSSR count). The minimum Gasteiger partial charge on any atom is -0.379 e. The highest BCUT2D eigenvalue weighted by molar-refractivity contribution is 5.72. The molecule has 0 unspecified atom stereocenters. The zero-order valence-corrected chi connectivity index (χ0v) is 9.35. The molecule has 1 aliphatic rings. The van der Waals surface area contributed by atoms with Crippen LogP contribution in [0, 0.1) is 0 Å². The van der Waals surface area contributed by atoms with Crippen molar-refractivity contribution in [3.63, 3.8) is 0 Å². The van der Waals surface area contributed by atoms with Gasteiger partial charge < -0.3 is 4.74 Å². The van der Waals surface area contributed by atoms with Gasteiger partial charge in [0.05, 0.1) is 19.8 Å². The van der Waals surface area contributed by atoms with Gasteiger partial charge in [0.2, 0.25) is 0 Å². The van der Waals surface area contributed by atoms with E-state index in [9.17, 15) is 0 Å². The third kappa shape index (κ3) is 5.44. The zero-order valence-electron chi connectivity index (χ0n) is 9.35. The van der Waals surface area contributed by atoms with Crippen LogP contribution in [0.3, 0.4) is 0 Å². The Labute approximate surface area is 91.4 Å². The van der Waals surface area contributed by atoms with Gasteiger partial charge in [0.25, 0.3) is 0 Å². The standard InChI is InChI=1S/C11H19N3O/c1-11(12-2)3-4-13-5-6-14-7-9-15-10-8-14/h3-4H,2,5-10H2,1H3/b11-3-,13-4?. The molecular formula is C11H19N3O. The Hall–Kier alpha value is -1.00. The number of morpholine rings is 1. The molecule has 0 bridgehead atoms. The van der Waals surface area contributed by atoms with Crippen LogP contribution in [0.1, 0.15) is 6.92 Å². The Kier molecular flexibility index (Phi) is 5.88. The number of hydrogen-bond acceptors (Lipinski definition) is 4. The number of allylic oxidation sites excluding steroid dienone is 2. The second-order valence-corrected chi connectivity index (χ2v) is 3.48. The van der Waals surface area contributed by atoms with Crippen LogP contribution in [-0.4, -0.2) is 57.2 Å². The Morgan fingerprint density at radius 1 is 1.47 bits per heavy atom. The van der Waals surface area contributed by atoms with Gasteiger partial charge in [0.1, 0.15) is 0 Å². The average Bonchev–Trinajstić information content (AvgIpc) is 2.29. The highest BCUT2D eigenvalue weighted by Gasteiger charge is 2.08. The predicted molar refractivity (Wildman–Crippen MR) is 63.9 cm³/mol. The first-order valence-electron chi connectivity index (χ1n) is 5.26. The van der Waals surface area contributed by atoms with Crippen LogP contribution in [0.15, 0.2) is 21.8 Å². The van der Waals surface area contributed by atoms with E-state index >= 15 is 0 Å². The quantitative estimate of drug-likeness (QED) is 0.633. The van der Waals surface area contributed by atoms with Crippen LogP contribution in [-0.2, 0) is 4.74 Å². The molecule has 0 aliphatic carbocycles. The molecular weight excluding hydrogens is 190 g/mol. The number of nitrogens with zero attached hydrogens (tertiary/aromatic N) is 3. The molecule has 0 atom stereocenters. The van der Waals surface area contributed by atoms with Crippen molar-refractivity contribution >= 4 is 12.9 Å². The van der Waals surface area contributed by atoms with E-state index in [1.54, 1.807) is 6.21 Å². The summed E-state index contributed by atoms with van der Waals surface area (Å²) in [6.45, 7) is 10.9. The first kappa shape index (κ1) is 12.1. The van der Waals surface area contributed by atoms with Gasteiger partial charge in [0.15, 0.2) is 0 Å². The lowest BCUT2D eigenvalue weighted by atomic mass is 10.4. The minimum absolute atomic E-state index is 0.834. The Morgan fingerprint density at radius 2 is 2.20 bits per heavy atom. The van der Waals surface area contributed by atoms with Crippen LogP contribution in [0.5, 0.6) is 0 Å². The molecule has 84 valence electrons. The molecule has 0 spiro atoms. The fourth-order valence-corrected chi connectivity index (χ4v) is 1.31. The first-order chi connectivity index (χ1) is 7.33. The Balaban J connectivity index is 2.12. The van der Waals surface area contributed by atoms with Gasteiger partial charge in [0, 0.05) is 31.5 Å². The zero-order chi connectivity index (χ0) is 10.9. The summed E-state index contributed by atoms with van der Waals surface area (Å²) in [5.41, 5.74) is 0.894. The van der Waals surface area contributed by atoms with Gasteiger partial charge in [-0.15, -0.1) is 0 Å². The van der Waals surface area contributed by atoms with Gasteiger partial charge in [-0.1, -0.05) is 0 Å². The van der Waals surface area contributed by atoms with E-state index in [1.165, 1.54) is 0 Å². The number of rotatable bonds is 5. The molecule has 0 aromatic heterocycles. The van der Waals surface area contributed by atoms with Crippen molar-refractivity contribution in [2.75, 3.05) is 39.4 Å². The summed E-state index contributed by atoms with van der Waals surface area (Å²) in [4.78, 5) is 10.4. The van der Waals surface area contributed by atoms with Crippen LogP contribution in [0.2, 0.25) is 0 Å². The molecule has 4 heteroatoms. The van der Waals surface area contributed by atoms with Gasteiger partial charge in [-0.25, -0.2) is 0 Å². The Morgan fingerprint density at radius 3 is 2.87 bits per heavy atom. The van der Waals surface area contributed by atoms with Crippen LogP contribution < -0.4 is 0 Å². The van der Waals surface area contributed by atoms with Crippen molar-refractivity contribution in [2.24, 2.45) is 9.98 Å². The minimum atomic E-state index is 0.834. The van der Waals surface area contributed by atoms with Crippen molar-refractivity contribution in [1.82, 2.24) is 4.90 Å². The molecule has 0 amide bonds. The SMILES string of the molecule is C=N/C(C)=C\C=NCCN1CCOCC1. The summed E-state index contributed by atoms with van der Waals surface area (Å²) in [6, 6.07) is 0. The lowest BCUT2D eigenvalue weighted by Gasteiger charge is -2.25. The van der Waals surface area contributed by atoms with Crippen LogP contribution >= 0.6 is 0 Å². The van der Waals surface area contributed by atoms with Gasteiger partial charge in [-0.3, -0.25) is 14.9 Å². The van der Waals surface area contributed by atoms with E-state index in [4.69, 9.17) is 4.74 Å².